The van der Waals surface area contributed by atoms with Gasteiger partial charge in [-0.25, -0.2) is 0 Å². The van der Waals surface area contributed by atoms with E-state index >= 15 is 0 Å². The van der Waals surface area contributed by atoms with Crippen molar-refractivity contribution < 1.29 is 9.59 Å². The summed E-state index contributed by atoms with van der Waals surface area (Å²) in [6.45, 7) is 1.89. The maximum absolute atomic E-state index is 12.3. The molecule has 2 amide bonds. The molecule has 0 unspecified atom stereocenters. The summed E-state index contributed by atoms with van der Waals surface area (Å²) < 4.78 is 1.67. The van der Waals surface area contributed by atoms with Crippen LogP contribution in [0.4, 0.5) is 11.4 Å². The van der Waals surface area contributed by atoms with Crippen LogP contribution in [-0.2, 0) is 23.1 Å². The van der Waals surface area contributed by atoms with Crippen molar-refractivity contribution in [1.29, 1.82) is 0 Å². The topological polar surface area (TPSA) is 88.9 Å². The van der Waals surface area contributed by atoms with Gasteiger partial charge in [0.15, 0.2) is 5.16 Å². The minimum absolute atomic E-state index is 0.0277. The molecule has 1 aromatic heterocycles. The van der Waals surface area contributed by atoms with E-state index in [0.717, 1.165) is 5.56 Å². The Morgan fingerprint density at radius 3 is 2.52 bits per heavy atom. The molecule has 7 nitrogen and oxygen atoms in total. The Balaban J connectivity index is 1.55. The molecule has 3 rings (SSSR count). The summed E-state index contributed by atoms with van der Waals surface area (Å²) in [6, 6.07) is 10.1. The van der Waals surface area contributed by atoms with Gasteiger partial charge in [-0.3, -0.25) is 9.59 Å². The molecule has 0 aliphatic carbocycles. The fraction of sp³-hybridized carbons (Fsp3) is 0.200. The van der Waals surface area contributed by atoms with Crippen molar-refractivity contribution >= 4 is 69.8 Å². The molecule has 0 spiro atoms. The highest BCUT2D eigenvalue weighted by Crippen LogP contribution is 2.26. The van der Waals surface area contributed by atoms with Gasteiger partial charge in [0.25, 0.3) is 0 Å². The number of benzene rings is 2. The minimum Gasteiger partial charge on any atom is -0.326 e. The molecule has 11 heteroatoms. The molecule has 0 saturated heterocycles. The first-order valence-corrected chi connectivity index (χ1v) is 11.2. The maximum atomic E-state index is 12.3. The number of halogens is 3. The van der Waals surface area contributed by atoms with Gasteiger partial charge in [-0.05, 0) is 42.8 Å². The lowest BCUT2D eigenvalue weighted by Gasteiger charge is -2.08. The summed E-state index contributed by atoms with van der Waals surface area (Å²) in [5.74, 6) is 0.0348. The second-order valence-electron chi connectivity index (χ2n) is 6.61. The number of nitrogens with one attached hydrogen (secondary N) is 2. The second-order valence-corrected chi connectivity index (χ2v) is 8.80. The third-order valence-corrected chi connectivity index (χ3v) is 6.23. The molecular weight excluding hydrogens is 481 g/mol. The van der Waals surface area contributed by atoms with E-state index in [0.29, 0.717) is 37.4 Å². The number of carbonyl (C=O) groups excluding carboxylic acids is 2. The predicted molar refractivity (Wildman–Crippen MR) is 125 cm³/mol. The largest absolute Gasteiger partial charge is 0.326 e. The third kappa shape index (κ3) is 6.36. The maximum Gasteiger partial charge on any atom is 0.234 e. The summed E-state index contributed by atoms with van der Waals surface area (Å²) in [7, 11) is 1.74. The Labute approximate surface area is 198 Å². The molecule has 162 valence electrons. The Bertz CT molecular complexity index is 1140. The second kappa shape index (κ2) is 10.4. The van der Waals surface area contributed by atoms with Crippen molar-refractivity contribution in [2.45, 2.75) is 18.5 Å². The van der Waals surface area contributed by atoms with Crippen LogP contribution >= 0.6 is 46.6 Å². The van der Waals surface area contributed by atoms with Crippen LogP contribution < -0.4 is 10.6 Å². The molecule has 2 N–H and O–H groups in total. The van der Waals surface area contributed by atoms with Gasteiger partial charge in [0, 0.05) is 22.8 Å². The lowest BCUT2D eigenvalue weighted by Crippen LogP contribution is -2.17. The van der Waals surface area contributed by atoms with E-state index in [-0.39, 0.29) is 24.0 Å². The summed E-state index contributed by atoms with van der Waals surface area (Å²) in [5.41, 5.74) is 1.97. The predicted octanol–water partition coefficient (Wildman–Crippen LogP) is 5.00. The lowest BCUT2D eigenvalue weighted by molar-refractivity contribution is -0.116. The van der Waals surface area contributed by atoms with Crippen LogP contribution in [0.3, 0.4) is 0 Å². The van der Waals surface area contributed by atoms with Crippen LogP contribution in [-0.4, -0.2) is 32.3 Å². The molecule has 2 aromatic carbocycles. The van der Waals surface area contributed by atoms with Crippen molar-refractivity contribution in [2.75, 3.05) is 16.4 Å². The standard InChI is InChI=1S/C20H18Cl3N5O2S/c1-11-3-5-13(8-15(11)23)24-18(29)9-17-26-27-20(28(17)2)31-10-19(30)25-16-7-12(21)4-6-14(16)22/h3-8H,9-10H2,1-2H3,(H,24,29)(H,25,30). The van der Waals surface area contributed by atoms with Crippen molar-refractivity contribution in [2.24, 2.45) is 7.05 Å². The number of anilines is 2. The highest BCUT2D eigenvalue weighted by atomic mass is 35.5. The zero-order valence-electron chi connectivity index (χ0n) is 16.6. The van der Waals surface area contributed by atoms with Crippen LogP contribution in [0, 0.1) is 6.92 Å². The number of rotatable bonds is 7. The SMILES string of the molecule is Cc1ccc(NC(=O)Cc2nnc(SCC(=O)Nc3cc(Cl)ccc3Cl)n2C)cc1Cl. The van der Waals surface area contributed by atoms with Crippen LogP contribution in [0.1, 0.15) is 11.4 Å². The third-order valence-electron chi connectivity index (χ3n) is 4.23. The first-order chi connectivity index (χ1) is 14.7. The van der Waals surface area contributed by atoms with Crippen molar-refractivity contribution in [3.05, 3.63) is 62.9 Å². The van der Waals surface area contributed by atoms with Gasteiger partial charge < -0.3 is 15.2 Å². The number of hydrogen-bond donors (Lipinski definition) is 2. The van der Waals surface area contributed by atoms with E-state index < -0.39 is 0 Å². The highest BCUT2D eigenvalue weighted by Gasteiger charge is 2.15. The smallest absolute Gasteiger partial charge is 0.234 e. The molecule has 0 bridgehead atoms. The number of amides is 2. The van der Waals surface area contributed by atoms with Crippen molar-refractivity contribution in [1.82, 2.24) is 14.8 Å². The number of hydrogen-bond acceptors (Lipinski definition) is 5. The van der Waals surface area contributed by atoms with Crippen LogP contribution in [0.15, 0.2) is 41.6 Å². The van der Waals surface area contributed by atoms with E-state index in [4.69, 9.17) is 34.8 Å². The molecule has 0 atom stereocenters. The molecule has 3 aromatic rings. The zero-order chi connectivity index (χ0) is 22.5. The Hall–Kier alpha value is -2.26. The molecule has 0 fully saturated rings. The zero-order valence-corrected chi connectivity index (χ0v) is 19.7. The van der Waals surface area contributed by atoms with E-state index in [1.807, 2.05) is 13.0 Å². The van der Waals surface area contributed by atoms with Gasteiger partial charge in [0.2, 0.25) is 11.8 Å². The summed E-state index contributed by atoms with van der Waals surface area (Å²) >= 11 is 19.3. The average molecular weight is 499 g/mol. The molecule has 0 saturated carbocycles. The van der Waals surface area contributed by atoms with E-state index in [2.05, 4.69) is 20.8 Å². The highest BCUT2D eigenvalue weighted by molar-refractivity contribution is 7.99. The van der Waals surface area contributed by atoms with Crippen LogP contribution in [0.25, 0.3) is 0 Å². The van der Waals surface area contributed by atoms with Crippen LogP contribution in [0.2, 0.25) is 15.1 Å². The van der Waals surface area contributed by atoms with Gasteiger partial charge >= 0.3 is 0 Å². The van der Waals surface area contributed by atoms with Gasteiger partial charge in [-0.2, -0.15) is 0 Å². The first-order valence-electron chi connectivity index (χ1n) is 9.05. The molecule has 31 heavy (non-hydrogen) atoms. The summed E-state index contributed by atoms with van der Waals surface area (Å²) in [4.78, 5) is 24.6. The molecule has 0 radical (unpaired) electrons. The quantitative estimate of drug-likeness (QED) is 0.448. The van der Waals surface area contributed by atoms with Crippen molar-refractivity contribution in [3.8, 4) is 0 Å². The number of carbonyl (C=O) groups is 2. The van der Waals surface area contributed by atoms with Gasteiger partial charge in [-0.1, -0.05) is 52.6 Å². The van der Waals surface area contributed by atoms with Crippen molar-refractivity contribution in [3.63, 3.8) is 0 Å². The first kappa shape index (κ1) is 23.4. The molecule has 0 aliphatic rings. The number of aryl methyl sites for hydroxylation is 1. The van der Waals surface area contributed by atoms with Gasteiger partial charge in [-0.15, -0.1) is 10.2 Å². The fourth-order valence-corrected chi connectivity index (χ4v) is 3.80. The number of aromatic nitrogens is 3. The monoisotopic (exact) mass is 497 g/mol. The van der Waals surface area contributed by atoms with Gasteiger partial charge in [0.1, 0.15) is 5.82 Å². The molecule has 0 aliphatic heterocycles. The van der Waals surface area contributed by atoms with Crippen LogP contribution in [0.5, 0.6) is 0 Å². The fourth-order valence-electron chi connectivity index (χ4n) is 2.55. The van der Waals surface area contributed by atoms with E-state index in [1.54, 1.807) is 41.9 Å². The number of thioether (sulfide) groups is 1. The number of nitrogens with zero attached hydrogens (tertiary/aromatic N) is 3. The normalized spacial score (nSPS) is 10.7. The molecule has 1 heterocycles. The molecular formula is C20H18Cl3N5O2S. The summed E-state index contributed by atoms with van der Waals surface area (Å²) in [5, 5.41) is 15.5. The Kier molecular flexibility index (Phi) is 7.83. The Morgan fingerprint density at radius 2 is 1.77 bits per heavy atom. The lowest BCUT2D eigenvalue weighted by atomic mass is 10.2. The van der Waals surface area contributed by atoms with Gasteiger partial charge in [0.05, 0.1) is 22.9 Å². The van der Waals surface area contributed by atoms with E-state index in [1.165, 1.54) is 11.8 Å². The van der Waals surface area contributed by atoms with E-state index in [9.17, 15) is 9.59 Å². The average Bonchev–Trinajstić information content (AvgIpc) is 3.05. The Morgan fingerprint density at radius 1 is 1.00 bits per heavy atom. The minimum atomic E-state index is -0.271. The summed E-state index contributed by atoms with van der Waals surface area (Å²) in [6.07, 6.45) is 0.0277.